The van der Waals surface area contributed by atoms with Crippen molar-refractivity contribution in [2.75, 3.05) is 0 Å². The largest absolute Gasteiger partial charge is 0.207 e. The monoisotopic (exact) mass is 396 g/mol. The smallest absolute Gasteiger partial charge is 0.126 e. The minimum Gasteiger partial charge on any atom is -0.207 e. The lowest BCUT2D eigenvalue weighted by Crippen LogP contribution is -1.92. The Morgan fingerprint density at radius 2 is 2.06 bits per heavy atom. The van der Waals surface area contributed by atoms with Gasteiger partial charge in [0.1, 0.15) is 10.2 Å². The molecule has 0 saturated heterocycles. The molecule has 0 amide bonds. The Kier molecular flexibility index (Phi) is 4.29. The fourth-order valence-electron chi connectivity index (χ4n) is 1.48. The van der Waals surface area contributed by atoms with Crippen LogP contribution in [0, 0.1) is 12.7 Å². The van der Waals surface area contributed by atoms with Gasteiger partial charge < -0.3 is 0 Å². The van der Waals surface area contributed by atoms with Gasteiger partial charge >= 0.3 is 0 Å². The molecule has 1 heterocycles. The Labute approximate surface area is 125 Å². The average molecular weight is 399 g/mol. The minimum atomic E-state index is -0.182. The minimum absolute atomic E-state index is 0.0376. The van der Waals surface area contributed by atoms with Crippen LogP contribution in [-0.2, 0) is 0 Å². The fraction of sp³-hybridized carbons (Fsp3) is 0.167. The van der Waals surface area contributed by atoms with Gasteiger partial charge in [0, 0.05) is 9.35 Å². The number of alkyl halides is 1. The predicted molar refractivity (Wildman–Crippen MR) is 78.9 cm³/mol. The summed E-state index contributed by atoms with van der Waals surface area (Å²) in [5, 5.41) is 0. The normalized spacial score (nSPS) is 12.8. The van der Waals surface area contributed by atoms with Crippen molar-refractivity contribution in [1.82, 2.24) is 0 Å². The maximum Gasteiger partial charge on any atom is 0.126 e. The zero-order valence-electron chi connectivity index (χ0n) is 8.81. The van der Waals surface area contributed by atoms with Crippen LogP contribution in [0.4, 0.5) is 4.39 Å². The van der Waals surface area contributed by atoms with Crippen molar-refractivity contribution in [2.24, 2.45) is 0 Å². The van der Waals surface area contributed by atoms with Crippen LogP contribution in [0.1, 0.15) is 20.8 Å². The number of hydrogen-bond acceptors (Lipinski definition) is 1. The van der Waals surface area contributed by atoms with Crippen molar-refractivity contribution in [3.05, 3.63) is 54.9 Å². The highest BCUT2D eigenvalue weighted by Crippen LogP contribution is 2.41. The van der Waals surface area contributed by atoms with Crippen molar-refractivity contribution >= 4 is 54.8 Å². The molecule has 5 heteroatoms. The molecule has 1 unspecified atom stereocenters. The van der Waals surface area contributed by atoms with E-state index in [1.807, 2.05) is 12.1 Å². The number of thiophene rings is 1. The van der Waals surface area contributed by atoms with Gasteiger partial charge in [0.25, 0.3) is 0 Å². The lowest BCUT2D eigenvalue weighted by atomic mass is 10.1. The molecule has 0 aliphatic carbocycles. The van der Waals surface area contributed by atoms with Crippen LogP contribution in [0.3, 0.4) is 0 Å². The first-order valence-corrected chi connectivity index (χ1v) is 7.74. The second-order valence-corrected chi connectivity index (χ2v) is 7.10. The Morgan fingerprint density at radius 3 is 2.59 bits per heavy atom. The van der Waals surface area contributed by atoms with E-state index in [9.17, 15) is 4.39 Å². The Bertz CT molecular complexity index is 534. The van der Waals surface area contributed by atoms with Gasteiger partial charge in [0.05, 0.1) is 4.83 Å². The van der Waals surface area contributed by atoms with Gasteiger partial charge in [-0.2, -0.15) is 0 Å². The Balaban J connectivity index is 2.36. The summed E-state index contributed by atoms with van der Waals surface area (Å²) in [7, 11) is 0. The molecule has 0 N–H and O–H groups in total. The summed E-state index contributed by atoms with van der Waals surface area (Å²) in [6.45, 7) is 1.76. The Hall–Kier alpha value is 0.1000. The van der Waals surface area contributed by atoms with Crippen molar-refractivity contribution in [3.63, 3.8) is 0 Å². The van der Waals surface area contributed by atoms with Crippen LogP contribution in [-0.4, -0.2) is 0 Å². The molecular formula is C12H8Br2ClFS. The van der Waals surface area contributed by atoms with E-state index in [0.29, 0.717) is 5.56 Å². The third-order valence-corrected chi connectivity index (χ3v) is 6.25. The summed E-state index contributed by atoms with van der Waals surface area (Å²) in [5.41, 5.74) is 1.67. The maximum atomic E-state index is 13.2. The molecule has 2 aromatic rings. The van der Waals surface area contributed by atoms with Crippen LogP contribution in [0.5, 0.6) is 0 Å². The quantitative estimate of drug-likeness (QED) is 0.537. The molecule has 0 bridgehead atoms. The van der Waals surface area contributed by atoms with E-state index in [0.717, 1.165) is 19.2 Å². The van der Waals surface area contributed by atoms with Crippen LogP contribution >= 0.6 is 54.8 Å². The molecule has 1 atom stereocenters. The first-order chi connectivity index (χ1) is 7.99. The van der Waals surface area contributed by atoms with Gasteiger partial charge in [-0.25, -0.2) is 4.39 Å². The SMILES string of the molecule is Cc1cc(C(Br)c2cc(Br)c(Cl)s2)ccc1F. The molecule has 0 spiro atoms. The molecule has 0 saturated carbocycles. The molecule has 1 aromatic heterocycles. The maximum absolute atomic E-state index is 13.2. The van der Waals surface area contributed by atoms with Gasteiger partial charge in [0.15, 0.2) is 0 Å². The van der Waals surface area contributed by atoms with Gasteiger partial charge in [-0.1, -0.05) is 39.7 Å². The highest BCUT2D eigenvalue weighted by atomic mass is 79.9. The number of benzene rings is 1. The molecule has 90 valence electrons. The van der Waals surface area contributed by atoms with Crippen molar-refractivity contribution in [1.29, 1.82) is 0 Å². The second kappa shape index (κ2) is 5.39. The van der Waals surface area contributed by atoms with E-state index < -0.39 is 0 Å². The summed E-state index contributed by atoms with van der Waals surface area (Å²) < 4.78 is 14.8. The lowest BCUT2D eigenvalue weighted by Gasteiger charge is -2.09. The molecule has 0 aliphatic rings. The number of halogens is 4. The first kappa shape index (κ1) is 13.5. The lowest BCUT2D eigenvalue weighted by molar-refractivity contribution is 0.618. The first-order valence-electron chi connectivity index (χ1n) is 4.84. The standard InChI is InChI=1S/C12H8Br2ClFS/c1-6-4-7(2-3-9(6)16)11(14)10-5-8(13)12(15)17-10/h2-5,11H,1H3. The summed E-state index contributed by atoms with van der Waals surface area (Å²) in [6, 6.07) is 7.09. The second-order valence-electron chi connectivity index (χ2n) is 3.64. The van der Waals surface area contributed by atoms with E-state index in [4.69, 9.17) is 11.6 Å². The molecule has 2 rings (SSSR count). The van der Waals surface area contributed by atoms with Crippen LogP contribution < -0.4 is 0 Å². The number of aryl methyl sites for hydroxylation is 1. The van der Waals surface area contributed by atoms with Crippen molar-refractivity contribution in [3.8, 4) is 0 Å². The van der Waals surface area contributed by atoms with Gasteiger partial charge in [-0.05, 0) is 46.1 Å². The topological polar surface area (TPSA) is 0 Å². The molecular weight excluding hydrogens is 390 g/mol. The zero-order valence-corrected chi connectivity index (χ0v) is 13.6. The fourth-order valence-corrected chi connectivity index (χ4v) is 3.92. The summed E-state index contributed by atoms with van der Waals surface area (Å²) in [5.74, 6) is -0.182. The molecule has 17 heavy (non-hydrogen) atoms. The van der Waals surface area contributed by atoms with E-state index in [-0.39, 0.29) is 10.6 Å². The molecule has 0 aliphatic heterocycles. The van der Waals surface area contributed by atoms with Crippen molar-refractivity contribution in [2.45, 2.75) is 11.8 Å². The van der Waals surface area contributed by atoms with E-state index in [1.54, 1.807) is 13.0 Å². The summed E-state index contributed by atoms with van der Waals surface area (Å²) >= 11 is 14.5. The molecule has 0 nitrogen and oxygen atoms in total. The van der Waals surface area contributed by atoms with Gasteiger partial charge in [-0.15, -0.1) is 11.3 Å². The Morgan fingerprint density at radius 1 is 1.35 bits per heavy atom. The van der Waals surface area contributed by atoms with Crippen molar-refractivity contribution < 1.29 is 4.39 Å². The molecule has 0 radical (unpaired) electrons. The third kappa shape index (κ3) is 2.92. The van der Waals surface area contributed by atoms with Gasteiger partial charge in [0.2, 0.25) is 0 Å². The van der Waals surface area contributed by atoms with E-state index in [2.05, 4.69) is 31.9 Å². The van der Waals surface area contributed by atoms with Crippen LogP contribution in [0.25, 0.3) is 0 Å². The highest BCUT2D eigenvalue weighted by molar-refractivity contribution is 9.10. The summed E-state index contributed by atoms with van der Waals surface area (Å²) in [6.07, 6.45) is 0. The van der Waals surface area contributed by atoms with Crippen LogP contribution in [0.2, 0.25) is 4.34 Å². The summed E-state index contributed by atoms with van der Waals surface area (Å²) in [4.78, 5) is 1.13. The number of hydrogen-bond donors (Lipinski definition) is 0. The number of rotatable bonds is 2. The predicted octanol–water partition coefficient (Wildman–Crippen LogP) is 6.10. The molecule has 1 aromatic carbocycles. The average Bonchev–Trinajstić information content (AvgIpc) is 2.62. The van der Waals surface area contributed by atoms with E-state index in [1.165, 1.54) is 17.4 Å². The van der Waals surface area contributed by atoms with E-state index >= 15 is 0 Å². The van der Waals surface area contributed by atoms with Gasteiger partial charge in [-0.3, -0.25) is 0 Å². The van der Waals surface area contributed by atoms with Crippen LogP contribution in [0.15, 0.2) is 28.7 Å². The molecule has 0 fully saturated rings. The highest BCUT2D eigenvalue weighted by Gasteiger charge is 2.15. The zero-order chi connectivity index (χ0) is 12.6. The third-order valence-electron chi connectivity index (χ3n) is 2.39.